The van der Waals surface area contributed by atoms with Crippen molar-refractivity contribution in [2.24, 2.45) is 16.7 Å². The molecule has 0 spiro atoms. The van der Waals surface area contributed by atoms with Crippen LogP contribution in [0.1, 0.15) is 86.0 Å². The standard InChI is InChI=1S/C34H42N2O4S2/c1-33(2,3)20-27(37)35-23-14-11-15-24(19-23)41-29(21-12-9-8-10-13-21)30(38)36-31-28(32(39)40-7)25-17-16-22(34(4,5)6)18-26(25)42-31/h8-15,19,22,29H,16-18,20H2,1-7H3,(H,35,37)(H,36,38). The molecule has 8 heteroatoms. The third kappa shape index (κ3) is 8.04. The van der Waals surface area contributed by atoms with Crippen LogP contribution in [-0.4, -0.2) is 24.9 Å². The van der Waals surface area contributed by atoms with Gasteiger partial charge in [0.1, 0.15) is 10.3 Å². The van der Waals surface area contributed by atoms with Gasteiger partial charge in [-0.1, -0.05) is 77.9 Å². The van der Waals surface area contributed by atoms with Crippen molar-refractivity contribution in [1.82, 2.24) is 0 Å². The van der Waals surface area contributed by atoms with Gasteiger partial charge in [0.2, 0.25) is 11.8 Å². The Morgan fingerprint density at radius 2 is 1.71 bits per heavy atom. The molecule has 42 heavy (non-hydrogen) atoms. The number of carbonyl (C=O) groups excluding carboxylic acids is 3. The maximum atomic E-state index is 14.0. The van der Waals surface area contributed by atoms with Crippen molar-refractivity contribution in [3.8, 4) is 0 Å². The molecule has 1 aromatic heterocycles. The van der Waals surface area contributed by atoms with Crippen molar-refractivity contribution in [3.05, 3.63) is 76.2 Å². The summed E-state index contributed by atoms with van der Waals surface area (Å²) in [6.07, 6.45) is 3.07. The average Bonchev–Trinajstić information content (AvgIpc) is 3.27. The number of methoxy groups -OCH3 is 1. The number of anilines is 2. The summed E-state index contributed by atoms with van der Waals surface area (Å²) < 4.78 is 5.17. The van der Waals surface area contributed by atoms with E-state index in [4.69, 9.17) is 4.74 Å². The number of ether oxygens (including phenoxy) is 1. The lowest BCUT2D eigenvalue weighted by molar-refractivity contribution is -0.118. The molecule has 2 amide bonds. The summed E-state index contributed by atoms with van der Waals surface area (Å²) in [7, 11) is 1.38. The van der Waals surface area contributed by atoms with Crippen LogP contribution in [0.15, 0.2) is 59.5 Å². The van der Waals surface area contributed by atoms with Gasteiger partial charge in [0.15, 0.2) is 0 Å². The Morgan fingerprint density at radius 3 is 2.36 bits per heavy atom. The maximum absolute atomic E-state index is 14.0. The van der Waals surface area contributed by atoms with E-state index >= 15 is 0 Å². The van der Waals surface area contributed by atoms with Gasteiger partial charge in [0, 0.05) is 21.9 Å². The van der Waals surface area contributed by atoms with Gasteiger partial charge in [-0.05, 0) is 65.3 Å². The molecule has 224 valence electrons. The first-order valence-electron chi connectivity index (χ1n) is 14.4. The summed E-state index contributed by atoms with van der Waals surface area (Å²) in [5, 5.41) is 6.07. The van der Waals surface area contributed by atoms with Crippen LogP contribution in [0.5, 0.6) is 0 Å². The van der Waals surface area contributed by atoms with Crippen molar-refractivity contribution < 1.29 is 19.1 Å². The Labute approximate surface area is 258 Å². The zero-order chi connectivity index (χ0) is 30.7. The van der Waals surface area contributed by atoms with Crippen LogP contribution in [-0.2, 0) is 27.2 Å². The minimum Gasteiger partial charge on any atom is -0.465 e. The molecule has 2 N–H and O–H groups in total. The second-order valence-electron chi connectivity index (χ2n) is 13.2. The van der Waals surface area contributed by atoms with Crippen molar-refractivity contribution in [1.29, 1.82) is 0 Å². The molecule has 1 heterocycles. The number of carbonyl (C=O) groups is 3. The Hall–Kier alpha value is -3.10. The van der Waals surface area contributed by atoms with E-state index in [0.717, 1.165) is 40.2 Å². The third-order valence-electron chi connectivity index (χ3n) is 7.52. The van der Waals surface area contributed by atoms with Crippen molar-refractivity contribution >= 4 is 51.6 Å². The smallest absolute Gasteiger partial charge is 0.341 e. The van der Waals surface area contributed by atoms with E-state index < -0.39 is 11.2 Å². The normalized spacial score (nSPS) is 15.8. The molecule has 0 saturated carbocycles. The molecule has 0 fully saturated rings. The highest BCUT2D eigenvalue weighted by Crippen LogP contribution is 2.45. The number of amides is 2. The molecular weight excluding hydrogens is 565 g/mol. The predicted octanol–water partition coefficient (Wildman–Crippen LogP) is 8.53. The van der Waals surface area contributed by atoms with Crippen molar-refractivity contribution in [3.63, 3.8) is 0 Å². The lowest BCUT2D eigenvalue weighted by atomic mass is 9.72. The summed E-state index contributed by atoms with van der Waals surface area (Å²) in [4.78, 5) is 41.5. The number of rotatable bonds is 8. The minimum atomic E-state index is -0.585. The summed E-state index contributed by atoms with van der Waals surface area (Å²) in [6, 6.07) is 17.2. The van der Waals surface area contributed by atoms with Gasteiger partial charge >= 0.3 is 5.97 Å². The zero-order valence-corrected chi connectivity index (χ0v) is 27.3. The highest BCUT2D eigenvalue weighted by Gasteiger charge is 2.35. The van der Waals surface area contributed by atoms with Gasteiger partial charge in [-0.3, -0.25) is 9.59 Å². The monoisotopic (exact) mass is 606 g/mol. The fraction of sp³-hybridized carbons (Fsp3) is 0.441. The summed E-state index contributed by atoms with van der Waals surface area (Å²) in [5.41, 5.74) is 3.06. The largest absolute Gasteiger partial charge is 0.465 e. The number of hydrogen-bond donors (Lipinski definition) is 2. The lowest BCUT2D eigenvalue weighted by Crippen LogP contribution is -2.26. The number of thioether (sulfide) groups is 1. The van der Waals surface area contributed by atoms with E-state index in [1.165, 1.54) is 30.2 Å². The molecule has 0 radical (unpaired) electrons. The molecule has 2 aromatic carbocycles. The number of thiophene rings is 1. The number of benzene rings is 2. The highest BCUT2D eigenvalue weighted by molar-refractivity contribution is 8.00. The summed E-state index contributed by atoms with van der Waals surface area (Å²) >= 11 is 2.90. The predicted molar refractivity (Wildman–Crippen MR) is 173 cm³/mol. The second kappa shape index (κ2) is 13.0. The van der Waals surface area contributed by atoms with Crippen LogP contribution in [0.25, 0.3) is 0 Å². The molecule has 0 bridgehead atoms. The van der Waals surface area contributed by atoms with E-state index in [9.17, 15) is 14.4 Å². The fourth-order valence-electron chi connectivity index (χ4n) is 5.28. The van der Waals surface area contributed by atoms with Crippen LogP contribution in [0.4, 0.5) is 10.7 Å². The van der Waals surface area contributed by atoms with Crippen LogP contribution in [0.2, 0.25) is 0 Å². The molecular formula is C34H42N2O4S2. The van der Waals surface area contributed by atoms with E-state index in [0.29, 0.717) is 28.6 Å². The molecule has 3 aromatic rings. The van der Waals surface area contributed by atoms with Gasteiger partial charge in [-0.25, -0.2) is 4.79 Å². The van der Waals surface area contributed by atoms with Crippen LogP contribution in [0, 0.1) is 16.7 Å². The molecule has 6 nitrogen and oxygen atoms in total. The Balaban J connectivity index is 1.61. The van der Waals surface area contributed by atoms with Crippen molar-refractivity contribution in [2.45, 2.75) is 77.4 Å². The zero-order valence-electron chi connectivity index (χ0n) is 25.6. The minimum absolute atomic E-state index is 0.0484. The highest BCUT2D eigenvalue weighted by atomic mass is 32.2. The first kappa shape index (κ1) is 31.8. The maximum Gasteiger partial charge on any atom is 0.341 e. The topological polar surface area (TPSA) is 84.5 Å². The molecule has 4 rings (SSSR count). The van der Waals surface area contributed by atoms with Gasteiger partial charge in [0.05, 0.1) is 12.7 Å². The number of fused-ring (bicyclic) bond motifs is 1. The molecule has 1 aliphatic rings. The second-order valence-corrected chi connectivity index (χ2v) is 15.5. The summed E-state index contributed by atoms with van der Waals surface area (Å²) in [6.45, 7) is 12.9. The van der Waals surface area contributed by atoms with Gasteiger partial charge in [0.25, 0.3) is 0 Å². The number of esters is 1. The third-order valence-corrected chi connectivity index (χ3v) is 9.94. The van der Waals surface area contributed by atoms with Crippen LogP contribution >= 0.6 is 23.1 Å². The number of hydrogen-bond acceptors (Lipinski definition) is 6. The average molecular weight is 607 g/mol. The SMILES string of the molecule is COC(=O)c1c(NC(=O)C(Sc2cccc(NC(=O)CC(C)(C)C)c2)c2ccccc2)sc2c1CCC(C(C)(C)C)C2. The van der Waals surface area contributed by atoms with Gasteiger partial charge in [-0.15, -0.1) is 23.1 Å². The van der Waals surface area contributed by atoms with Crippen LogP contribution in [0.3, 0.4) is 0 Å². The molecule has 1 aliphatic carbocycles. The fourth-order valence-corrected chi connectivity index (χ4v) is 7.68. The summed E-state index contributed by atoms with van der Waals surface area (Å²) in [5.74, 6) is -0.182. The van der Waals surface area contributed by atoms with E-state index in [1.54, 1.807) is 0 Å². The first-order chi connectivity index (χ1) is 19.7. The van der Waals surface area contributed by atoms with Crippen LogP contribution < -0.4 is 10.6 Å². The van der Waals surface area contributed by atoms with Gasteiger partial charge in [-0.2, -0.15) is 0 Å². The molecule has 2 unspecified atom stereocenters. The van der Waals surface area contributed by atoms with E-state index in [1.807, 2.05) is 75.4 Å². The number of nitrogens with one attached hydrogen (secondary N) is 2. The Morgan fingerprint density at radius 1 is 1.00 bits per heavy atom. The van der Waals surface area contributed by atoms with Gasteiger partial charge < -0.3 is 15.4 Å². The Bertz CT molecular complexity index is 1430. The molecule has 0 aliphatic heterocycles. The quantitative estimate of drug-likeness (QED) is 0.198. The van der Waals surface area contributed by atoms with Crippen molar-refractivity contribution in [2.75, 3.05) is 17.7 Å². The lowest BCUT2D eigenvalue weighted by Gasteiger charge is -2.33. The molecule has 2 atom stereocenters. The Kier molecular flexibility index (Phi) is 9.88. The van der Waals surface area contributed by atoms with E-state index in [-0.39, 0.29) is 22.6 Å². The molecule has 0 saturated heterocycles. The first-order valence-corrected chi connectivity index (χ1v) is 16.1. The van der Waals surface area contributed by atoms with E-state index in [2.05, 4.69) is 31.4 Å².